The van der Waals surface area contributed by atoms with Crippen molar-refractivity contribution < 1.29 is 48.0 Å². The monoisotopic (exact) mass is 829 g/mol. The number of aliphatic hydroxyl groups is 1. The SMILES string of the molecule is CC[C@H]1OC(=O)[C@H](C)C(=O)[C@H](C)[C@@H](O[C@@H]2O[C@H](C)C[C@H](N(C)C)[C@H]2O)[C@@](C)(OC)C[C@@H](C)C(=O)[C@H](C)[C@H]2N(CCCSc3ncc(-c4cccnc4)[nH]3)C(=O)O[C@]12C. The molecule has 0 unspecified atom stereocenters. The van der Waals surface area contributed by atoms with Crippen LogP contribution in [0, 0.1) is 23.7 Å². The molecule has 3 fully saturated rings. The summed E-state index contributed by atoms with van der Waals surface area (Å²) in [4.78, 5) is 72.3. The average molecular weight is 830 g/mol. The summed E-state index contributed by atoms with van der Waals surface area (Å²) in [5.74, 6) is -4.38. The van der Waals surface area contributed by atoms with E-state index < -0.39 is 83.4 Å². The molecule has 58 heavy (non-hydrogen) atoms. The second-order valence-corrected chi connectivity index (χ2v) is 18.0. The zero-order valence-corrected chi connectivity index (χ0v) is 36.6. The van der Waals surface area contributed by atoms with Gasteiger partial charge in [0.15, 0.2) is 22.8 Å². The molecule has 2 aromatic heterocycles. The number of nitrogens with zero attached hydrogens (tertiary/aromatic N) is 4. The number of Topliss-reactive ketones (excluding diaryl/α,β-unsaturated/α-hetero) is 2. The molecule has 0 bridgehead atoms. The van der Waals surface area contributed by atoms with Crippen molar-refractivity contribution in [1.82, 2.24) is 24.8 Å². The Morgan fingerprint density at radius 2 is 1.79 bits per heavy atom. The Kier molecular flexibility index (Phi) is 14.9. The molecule has 5 heterocycles. The highest BCUT2D eigenvalue weighted by Gasteiger charge is 2.60. The number of hydrogen-bond acceptors (Lipinski definition) is 14. The number of carbonyl (C=O) groups excluding carboxylic acids is 4. The number of imidazole rings is 1. The number of amides is 1. The van der Waals surface area contributed by atoms with Crippen LogP contribution >= 0.6 is 11.8 Å². The zero-order valence-electron chi connectivity index (χ0n) is 35.8. The molecular weight excluding hydrogens is 767 g/mol. The number of hydrogen-bond donors (Lipinski definition) is 2. The maximum Gasteiger partial charge on any atom is 0.410 e. The summed E-state index contributed by atoms with van der Waals surface area (Å²) in [6.45, 7) is 14.2. The molecule has 0 aromatic carbocycles. The zero-order chi connectivity index (χ0) is 42.7. The number of aromatic amines is 1. The number of rotatable bonds is 11. The second kappa shape index (κ2) is 18.9. The molecule has 3 saturated heterocycles. The maximum atomic E-state index is 14.7. The Bertz CT molecular complexity index is 1750. The first kappa shape index (κ1) is 45.7. The lowest BCUT2D eigenvalue weighted by molar-refractivity contribution is -0.295. The van der Waals surface area contributed by atoms with E-state index in [2.05, 4.69) is 15.0 Å². The number of pyridine rings is 1. The highest BCUT2D eigenvalue weighted by molar-refractivity contribution is 7.99. The molecule has 3 aliphatic rings. The third-order valence-corrected chi connectivity index (χ3v) is 13.4. The van der Waals surface area contributed by atoms with Gasteiger partial charge >= 0.3 is 12.1 Å². The molecule has 15 nitrogen and oxygen atoms in total. The quantitative estimate of drug-likeness (QED) is 0.131. The van der Waals surface area contributed by atoms with Gasteiger partial charge in [-0.3, -0.25) is 19.4 Å². The van der Waals surface area contributed by atoms with Crippen LogP contribution in [0.5, 0.6) is 0 Å². The predicted octanol–water partition coefficient (Wildman–Crippen LogP) is 5.16. The topological polar surface area (TPSA) is 183 Å². The van der Waals surface area contributed by atoms with Crippen molar-refractivity contribution in [2.45, 2.75) is 140 Å². The van der Waals surface area contributed by atoms with E-state index in [9.17, 15) is 24.3 Å². The van der Waals surface area contributed by atoms with E-state index in [4.69, 9.17) is 23.7 Å². The molecule has 1 amide bonds. The number of fused-ring (bicyclic) bond motifs is 1. The summed E-state index contributed by atoms with van der Waals surface area (Å²) in [7, 11) is 5.23. The van der Waals surface area contributed by atoms with Crippen molar-refractivity contribution in [3.63, 3.8) is 0 Å². The number of ketones is 2. The molecule has 0 saturated carbocycles. The lowest BCUT2D eigenvalue weighted by atomic mass is 9.73. The number of aromatic nitrogens is 3. The first-order valence-corrected chi connectivity index (χ1v) is 21.4. The van der Waals surface area contributed by atoms with Crippen molar-refractivity contribution in [2.24, 2.45) is 23.7 Å². The standard InChI is InChI=1S/C42H63N5O10S/c1-12-31-42(8)35(47(40(52)57-42)17-14-18-58-39-44-22-29(45-39)28-15-13-16-43-21-28)25(4)32(48)23(2)20-41(7,53-11)36(26(5)33(49)27(6)37(51)55-31)56-38-34(50)30(46(9)10)19-24(3)54-38/h13,15-16,21-27,30-31,34-36,38,50H,12,14,17-20H2,1-11H3,(H,44,45)/t23-,24-,25+,26+,27-,30+,31-,34-,35-,36-,38+,41+,42-/m1/s1. The van der Waals surface area contributed by atoms with Crippen LogP contribution in [0.4, 0.5) is 4.79 Å². The lowest BCUT2D eigenvalue weighted by Crippen LogP contribution is -2.60. The van der Waals surface area contributed by atoms with Gasteiger partial charge in [-0.1, -0.05) is 39.5 Å². The number of cyclic esters (lactones) is 1. The van der Waals surface area contributed by atoms with Gasteiger partial charge in [0.05, 0.1) is 35.7 Å². The van der Waals surface area contributed by atoms with E-state index in [1.165, 1.54) is 25.8 Å². The number of likely N-dealkylation sites (N-methyl/N-ethyl adjacent to an activating group) is 1. The lowest BCUT2D eigenvalue weighted by Gasteiger charge is -2.47. The van der Waals surface area contributed by atoms with Crippen LogP contribution in [0.1, 0.15) is 81.1 Å². The van der Waals surface area contributed by atoms with Crippen molar-refractivity contribution >= 4 is 35.4 Å². The van der Waals surface area contributed by atoms with Crippen LogP contribution in [-0.2, 0) is 38.1 Å². The predicted molar refractivity (Wildman–Crippen MR) is 217 cm³/mol. The summed E-state index contributed by atoms with van der Waals surface area (Å²) in [5.41, 5.74) is -0.922. The van der Waals surface area contributed by atoms with Gasteiger partial charge in [-0.2, -0.15) is 0 Å². The van der Waals surface area contributed by atoms with Gasteiger partial charge in [-0.15, -0.1) is 0 Å². The van der Waals surface area contributed by atoms with E-state index >= 15 is 0 Å². The summed E-state index contributed by atoms with van der Waals surface area (Å²) in [6.07, 6.45) is 1.67. The highest BCUT2D eigenvalue weighted by Crippen LogP contribution is 2.43. The van der Waals surface area contributed by atoms with Gasteiger partial charge in [-0.05, 0) is 79.6 Å². The minimum atomic E-state index is -1.41. The molecule has 2 N–H and O–H groups in total. The Morgan fingerprint density at radius 1 is 1.07 bits per heavy atom. The number of carbonyl (C=O) groups is 4. The summed E-state index contributed by atoms with van der Waals surface area (Å²) >= 11 is 1.51. The molecule has 322 valence electrons. The van der Waals surface area contributed by atoms with Crippen LogP contribution in [0.2, 0.25) is 0 Å². The molecule has 0 radical (unpaired) electrons. The molecule has 5 rings (SSSR count). The molecule has 2 aromatic rings. The number of nitrogens with one attached hydrogen (secondary N) is 1. The summed E-state index contributed by atoms with van der Waals surface area (Å²) in [6, 6.07) is 2.72. The van der Waals surface area contributed by atoms with E-state index in [1.807, 2.05) is 45.0 Å². The summed E-state index contributed by atoms with van der Waals surface area (Å²) < 4.78 is 31.2. The van der Waals surface area contributed by atoms with E-state index in [0.717, 1.165) is 16.4 Å². The fraction of sp³-hybridized carbons (Fsp3) is 0.714. The van der Waals surface area contributed by atoms with Crippen LogP contribution < -0.4 is 0 Å². The Morgan fingerprint density at radius 3 is 2.43 bits per heavy atom. The average Bonchev–Trinajstić information content (AvgIpc) is 3.78. The summed E-state index contributed by atoms with van der Waals surface area (Å²) in [5, 5.41) is 12.2. The van der Waals surface area contributed by atoms with Crippen molar-refractivity contribution in [2.75, 3.05) is 33.5 Å². The highest BCUT2D eigenvalue weighted by atomic mass is 32.2. The Balaban J connectivity index is 1.43. The fourth-order valence-corrected chi connectivity index (χ4v) is 9.93. The van der Waals surface area contributed by atoms with Crippen molar-refractivity contribution in [1.29, 1.82) is 0 Å². The third kappa shape index (κ3) is 9.47. The minimum Gasteiger partial charge on any atom is -0.458 e. The van der Waals surface area contributed by atoms with Gasteiger partial charge in [0, 0.05) is 61.2 Å². The van der Waals surface area contributed by atoms with Crippen LogP contribution in [0.3, 0.4) is 0 Å². The molecule has 3 aliphatic heterocycles. The number of thioether (sulfide) groups is 1. The van der Waals surface area contributed by atoms with Crippen LogP contribution in [0.15, 0.2) is 35.9 Å². The fourth-order valence-electron chi connectivity index (χ4n) is 9.16. The Labute approximate surface area is 346 Å². The van der Waals surface area contributed by atoms with E-state index in [1.54, 1.807) is 58.1 Å². The largest absolute Gasteiger partial charge is 0.458 e. The van der Waals surface area contributed by atoms with Crippen LogP contribution in [-0.4, -0.2) is 141 Å². The minimum absolute atomic E-state index is 0.125. The maximum absolute atomic E-state index is 14.7. The number of methoxy groups -OCH3 is 1. The van der Waals surface area contributed by atoms with Gasteiger partial charge in [0.25, 0.3) is 0 Å². The number of aliphatic hydroxyl groups excluding tert-OH is 1. The van der Waals surface area contributed by atoms with Gasteiger partial charge in [0.1, 0.15) is 23.9 Å². The van der Waals surface area contributed by atoms with Gasteiger partial charge in [-0.25, -0.2) is 9.78 Å². The molecule has 16 heteroatoms. The number of esters is 1. The van der Waals surface area contributed by atoms with Gasteiger partial charge in [0.2, 0.25) is 0 Å². The van der Waals surface area contributed by atoms with Crippen molar-refractivity contribution in [3.05, 3.63) is 30.7 Å². The van der Waals surface area contributed by atoms with Crippen molar-refractivity contribution in [3.8, 4) is 11.3 Å². The van der Waals surface area contributed by atoms with E-state index in [0.29, 0.717) is 18.6 Å². The number of H-pyrrole nitrogens is 1. The second-order valence-electron chi connectivity index (χ2n) is 16.9. The van der Waals surface area contributed by atoms with Gasteiger partial charge < -0.3 is 43.6 Å². The number of ether oxygens (including phenoxy) is 5. The molecule has 0 aliphatic carbocycles. The third-order valence-electron chi connectivity index (χ3n) is 12.5. The smallest absolute Gasteiger partial charge is 0.410 e. The van der Waals surface area contributed by atoms with Crippen LogP contribution in [0.25, 0.3) is 11.3 Å². The first-order valence-electron chi connectivity index (χ1n) is 20.4. The van der Waals surface area contributed by atoms with E-state index in [-0.39, 0.29) is 37.3 Å². The molecule has 0 spiro atoms. The Hall–Kier alpha value is -3.41. The first-order chi connectivity index (χ1) is 27.4. The molecule has 13 atom stereocenters. The normalized spacial score (nSPS) is 36.7. The molecular formula is C42H63N5O10S.